The molecule has 0 bridgehead atoms. The first-order valence-electron chi connectivity index (χ1n) is 7.28. The van der Waals surface area contributed by atoms with Gasteiger partial charge in [0, 0.05) is 0 Å². The standard InChI is InChI=1S/C16H21NO4S/c1-4-20-16(19)21-15-9-22-10-17(15)14(18)8-13-6-5-11(2)7-12(13)3/h5-7,15H,4,8-10H2,1-3H3. The van der Waals surface area contributed by atoms with Crippen molar-refractivity contribution in [3.8, 4) is 0 Å². The van der Waals surface area contributed by atoms with Crippen LogP contribution in [0.3, 0.4) is 0 Å². The monoisotopic (exact) mass is 323 g/mol. The van der Waals surface area contributed by atoms with Crippen molar-refractivity contribution in [2.75, 3.05) is 18.2 Å². The summed E-state index contributed by atoms with van der Waals surface area (Å²) in [5.41, 5.74) is 3.28. The van der Waals surface area contributed by atoms with Crippen molar-refractivity contribution in [3.05, 3.63) is 34.9 Å². The average molecular weight is 323 g/mol. The van der Waals surface area contributed by atoms with E-state index in [0.717, 1.165) is 11.1 Å². The molecule has 1 unspecified atom stereocenters. The summed E-state index contributed by atoms with van der Waals surface area (Å²) >= 11 is 1.57. The van der Waals surface area contributed by atoms with Crippen LogP contribution in [0.1, 0.15) is 23.6 Å². The van der Waals surface area contributed by atoms with Gasteiger partial charge in [-0.2, -0.15) is 0 Å². The highest BCUT2D eigenvalue weighted by Gasteiger charge is 2.32. The lowest BCUT2D eigenvalue weighted by Gasteiger charge is -2.23. The number of ether oxygens (including phenoxy) is 2. The summed E-state index contributed by atoms with van der Waals surface area (Å²) in [6, 6.07) is 6.04. The minimum absolute atomic E-state index is 0.0359. The van der Waals surface area contributed by atoms with E-state index in [9.17, 15) is 9.59 Å². The van der Waals surface area contributed by atoms with Crippen LogP contribution in [-0.2, 0) is 20.7 Å². The number of hydrogen-bond acceptors (Lipinski definition) is 5. The van der Waals surface area contributed by atoms with Gasteiger partial charge in [-0.25, -0.2) is 4.79 Å². The molecule has 2 rings (SSSR count). The van der Waals surface area contributed by atoms with Crippen molar-refractivity contribution in [1.29, 1.82) is 0 Å². The summed E-state index contributed by atoms with van der Waals surface area (Å²) in [6.07, 6.45) is -0.948. The summed E-state index contributed by atoms with van der Waals surface area (Å²) in [5, 5.41) is 0. The van der Waals surface area contributed by atoms with Crippen LogP contribution in [0, 0.1) is 13.8 Å². The molecule has 1 aliphatic rings. The van der Waals surface area contributed by atoms with E-state index in [1.54, 1.807) is 23.6 Å². The largest absolute Gasteiger partial charge is 0.510 e. The minimum Gasteiger partial charge on any atom is -0.435 e. The predicted molar refractivity (Wildman–Crippen MR) is 85.7 cm³/mol. The zero-order valence-electron chi connectivity index (χ0n) is 13.1. The van der Waals surface area contributed by atoms with E-state index in [4.69, 9.17) is 9.47 Å². The lowest BCUT2D eigenvalue weighted by molar-refractivity contribution is -0.137. The van der Waals surface area contributed by atoms with Gasteiger partial charge in [-0.05, 0) is 31.9 Å². The van der Waals surface area contributed by atoms with Crippen LogP contribution in [0.5, 0.6) is 0 Å². The third-order valence-electron chi connectivity index (χ3n) is 3.49. The van der Waals surface area contributed by atoms with Gasteiger partial charge in [-0.1, -0.05) is 23.8 Å². The number of benzene rings is 1. The van der Waals surface area contributed by atoms with Crippen LogP contribution in [0.4, 0.5) is 4.79 Å². The van der Waals surface area contributed by atoms with Gasteiger partial charge in [-0.3, -0.25) is 9.69 Å². The number of aryl methyl sites for hydroxylation is 2. The molecule has 1 aromatic rings. The lowest BCUT2D eigenvalue weighted by atomic mass is 10.0. The van der Waals surface area contributed by atoms with E-state index in [0.29, 0.717) is 18.1 Å². The van der Waals surface area contributed by atoms with Crippen molar-refractivity contribution in [3.63, 3.8) is 0 Å². The zero-order chi connectivity index (χ0) is 16.1. The second kappa shape index (κ2) is 7.54. The Morgan fingerprint density at radius 1 is 1.36 bits per heavy atom. The fraction of sp³-hybridized carbons (Fsp3) is 0.500. The van der Waals surface area contributed by atoms with E-state index in [1.165, 1.54) is 5.56 Å². The number of carbonyl (C=O) groups excluding carboxylic acids is 2. The van der Waals surface area contributed by atoms with Gasteiger partial charge in [0.1, 0.15) is 0 Å². The van der Waals surface area contributed by atoms with E-state index < -0.39 is 12.4 Å². The Labute approximate surface area is 135 Å². The average Bonchev–Trinajstić information content (AvgIpc) is 2.90. The van der Waals surface area contributed by atoms with Crippen LogP contribution in [-0.4, -0.2) is 41.4 Å². The smallest absolute Gasteiger partial charge is 0.435 e. The van der Waals surface area contributed by atoms with Gasteiger partial charge >= 0.3 is 6.16 Å². The van der Waals surface area contributed by atoms with Crippen LogP contribution >= 0.6 is 11.8 Å². The fourth-order valence-electron chi connectivity index (χ4n) is 2.33. The molecule has 0 saturated carbocycles. The van der Waals surface area contributed by atoms with Gasteiger partial charge in [-0.15, -0.1) is 11.8 Å². The zero-order valence-corrected chi connectivity index (χ0v) is 13.9. The first-order valence-corrected chi connectivity index (χ1v) is 8.43. The van der Waals surface area contributed by atoms with Crippen molar-refractivity contribution in [2.24, 2.45) is 0 Å². The molecule has 0 spiro atoms. The molecular weight excluding hydrogens is 302 g/mol. The van der Waals surface area contributed by atoms with Gasteiger partial charge in [0.2, 0.25) is 5.91 Å². The van der Waals surface area contributed by atoms with Crippen molar-refractivity contribution < 1.29 is 19.1 Å². The molecule has 1 fully saturated rings. The molecule has 120 valence electrons. The fourth-order valence-corrected chi connectivity index (χ4v) is 3.39. The Kier molecular flexibility index (Phi) is 5.71. The van der Waals surface area contributed by atoms with E-state index in [2.05, 4.69) is 6.07 Å². The number of amides is 1. The maximum absolute atomic E-state index is 12.5. The molecule has 0 radical (unpaired) electrons. The highest BCUT2D eigenvalue weighted by atomic mass is 32.2. The molecule has 1 amide bonds. The van der Waals surface area contributed by atoms with Crippen LogP contribution < -0.4 is 0 Å². The highest BCUT2D eigenvalue weighted by molar-refractivity contribution is 7.99. The van der Waals surface area contributed by atoms with Gasteiger partial charge < -0.3 is 9.47 Å². The van der Waals surface area contributed by atoms with Gasteiger partial charge in [0.25, 0.3) is 0 Å². The Bertz CT molecular complexity index is 561. The number of nitrogens with zero attached hydrogens (tertiary/aromatic N) is 1. The third kappa shape index (κ3) is 4.16. The van der Waals surface area contributed by atoms with Gasteiger partial charge in [0.05, 0.1) is 24.7 Å². The number of hydrogen-bond donors (Lipinski definition) is 0. The second-order valence-corrected chi connectivity index (χ2v) is 6.23. The minimum atomic E-state index is -0.723. The quantitative estimate of drug-likeness (QED) is 0.798. The first kappa shape index (κ1) is 16.7. The van der Waals surface area contributed by atoms with Crippen molar-refractivity contribution >= 4 is 23.8 Å². The number of thioether (sulfide) groups is 1. The Morgan fingerprint density at radius 3 is 2.82 bits per heavy atom. The molecule has 1 heterocycles. The molecule has 22 heavy (non-hydrogen) atoms. The summed E-state index contributed by atoms with van der Waals surface area (Å²) in [6.45, 7) is 6.00. The molecule has 6 heteroatoms. The van der Waals surface area contributed by atoms with E-state index >= 15 is 0 Å². The third-order valence-corrected chi connectivity index (χ3v) is 4.47. The molecule has 1 atom stereocenters. The summed E-state index contributed by atoms with van der Waals surface area (Å²) in [4.78, 5) is 25.5. The first-order chi connectivity index (χ1) is 10.5. The van der Waals surface area contributed by atoms with Crippen LogP contribution in [0.2, 0.25) is 0 Å². The molecular formula is C16H21NO4S. The maximum atomic E-state index is 12.5. The summed E-state index contributed by atoms with van der Waals surface area (Å²) < 4.78 is 9.97. The summed E-state index contributed by atoms with van der Waals surface area (Å²) in [5.74, 6) is 1.08. The van der Waals surface area contributed by atoms with E-state index in [-0.39, 0.29) is 12.5 Å². The maximum Gasteiger partial charge on any atom is 0.510 e. The van der Waals surface area contributed by atoms with E-state index in [1.807, 2.05) is 26.0 Å². The second-order valence-electron chi connectivity index (χ2n) is 5.23. The Balaban J connectivity index is 2.00. The topological polar surface area (TPSA) is 55.8 Å². The molecule has 1 aliphatic heterocycles. The molecule has 1 saturated heterocycles. The molecule has 0 aromatic heterocycles. The Morgan fingerprint density at radius 2 is 2.14 bits per heavy atom. The predicted octanol–water partition coefficient (Wildman–Crippen LogP) is 2.88. The Hall–Kier alpha value is -1.69. The molecule has 0 aliphatic carbocycles. The molecule has 5 nitrogen and oxygen atoms in total. The normalized spacial score (nSPS) is 17.4. The van der Waals surface area contributed by atoms with Crippen molar-refractivity contribution in [2.45, 2.75) is 33.4 Å². The SMILES string of the molecule is CCOC(=O)OC1CSCN1C(=O)Cc1ccc(C)cc1C. The van der Waals surface area contributed by atoms with Crippen LogP contribution in [0.25, 0.3) is 0 Å². The summed E-state index contributed by atoms with van der Waals surface area (Å²) in [7, 11) is 0. The number of rotatable bonds is 4. The van der Waals surface area contributed by atoms with Crippen molar-refractivity contribution in [1.82, 2.24) is 4.90 Å². The highest BCUT2D eigenvalue weighted by Crippen LogP contribution is 2.24. The lowest BCUT2D eigenvalue weighted by Crippen LogP contribution is -2.40. The van der Waals surface area contributed by atoms with Crippen LogP contribution in [0.15, 0.2) is 18.2 Å². The molecule has 1 aromatic carbocycles. The number of carbonyl (C=O) groups is 2. The van der Waals surface area contributed by atoms with Gasteiger partial charge in [0.15, 0.2) is 6.23 Å². The molecule has 0 N–H and O–H groups in total.